The number of rotatable bonds is 12. The lowest BCUT2D eigenvalue weighted by Gasteiger charge is -2.12. The second-order valence-corrected chi connectivity index (χ2v) is 13.3. The second-order valence-electron chi connectivity index (χ2n) is 13.3. The Balaban J connectivity index is 1.13. The van der Waals surface area contributed by atoms with Crippen LogP contribution in [-0.2, 0) is 38.2 Å². The molecule has 5 aromatic carbocycles. The molecular weight excluding hydrogens is 709 g/mol. The minimum Gasteiger partial charge on any atom is -0.455 e. The maximum absolute atomic E-state index is 9.78. The molecule has 0 spiro atoms. The average Bonchev–Trinajstić information content (AvgIpc) is 3.78. The summed E-state index contributed by atoms with van der Waals surface area (Å²) in [6.07, 6.45) is -15.0. The van der Waals surface area contributed by atoms with Gasteiger partial charge in [0.05, 0.1) is 30.1 Å². The Morgan fingerprint density at radius 2 is 1.05 bits per heavy atom. The van der Waals surface area contributed by atoms with Crippen molar-refractivity contribution in [2.75, 3.05) is 0 Å². The van der Waals surface area contributed by atoms with Gasteiger partial charge in [-0.25, -0.2) is 0 Å². The van der Waals surface area contributed by atoms with Crippen LogP contribution in [0.15, 0.2) is 169 Å². The Kier molecular flexibility index (Phi) is 6.42. The Hall–Kier alpha value is -7.16. The van der Waals surface area contributed by atoms with Crippen molar-refractivity contribution in [3.8, 4) is 39.8 Å². The smallest absolute Gasteiger partial charge is 0.144 e. The Morgan fingerprint density at radius 3 is 1.52 bits per heavy atom. The number of fused-ring (bicyclic) bond motifs is 3. The molecule has 0 fully saturated rings. The van der Waals surface area contributed by atoms with Gasteiger partial charge in [-0.05, 0) is 120 Å². The third-order valence-electron chi connectivity index (χ3n) is 9.35. The minimum absolute atomic E-state index is 0.0371. The summed E-state index contributed by atoms with van der Waals surface area (Å²) >= 11 is 0. The first-order chi connectivity index (χ1) is 34.7. The Bertz CT molecular complexity index is 3490. The number of aromatic nitrogens is 3. The maximum Gasteiger partial charge on any atom is 0.144 e. The largest absolute Gasteiger partial charge is 0.455 e. The molecule has 4 heterocycles. The molecular formula is C53H42N4O. The summed E-state index contributed by atoms with van der Waals surface area (Å²) < 4.78 is 151. The number of para-hydroxylation sites is 1. The second kappa shape index (κ2) is 16.5. The van der Waals surface area contributed by atoms with Gasteiger partial charge >= 0.3 is 0 Å². The zero-order valence-corrected chi connectivity index (χ0v) is 30.7. The summed E-state index contributed by atoms with van der Waals surface area (Å²) in [7, 11) is 0. The van der Waals surface area contributed by atoms with Crippen LogP contribution >= 0.6 is 0 Å². The number of nitriles is 1. The lowest BCUT2D eigenvalue weighted by Crippen LogP contribution is -2.00. The molecule has 4 aromatic heterocycles. The van der Waals surface area contributed by atoms with E-state index in [4.69, 9.17) is 9.90 Å². The fourth-order valence-corrected chi connectivity index (χ4v) is 6.46. The highest BCUT2D eigenvalue weighted by Crippen LogP contribution is 2.36. The van der Waals surface area contributed by atoms with E-state index in [9.17, 15) is 21.7 Å². The van der Waals surface area contributed by atoms with E-state index in [0.717, 1.165) is 35.5 Å². The van der Waals surface area contributed by atoms with Gasteiger partial charge in [-0.1, -0.05) is 109 Å². The van der Waals surface area contributed by atoms with Crippen LogP contribution in [0.25, 0.3) is 55.7 Å². The first-order valence-electron chi connectivity index (χ1n) is 26.3. The topological polar surface area (TPSA) is 75.6 Å². The molecule has 0 aliphatic carbocycles. The molecule has 0 atom stereocenters. The van der Waals surface area contributed by atoms with E-state index in [1.807, 2.05) is 12.1 Å². The highest BCUT2D eigenvalue weighted by molar-refractivity contribution is 6.09. The summed E-state index contributed by atoms with van der Waals surface area (Å²) in [5.41, 5.74) is -0.230. The van der Waals surface area contributed by atoms with Gasteiger partial charge < -0.3 is 4.42 Å². The molecule has 0 N–H and O–H groups in total. The highest BCUT2D eigenvalue weighted by atomic mass is 16.3. The van der Waals surface area contributed by atoms with Crippen molar-refractivity contribution in [3.63, 3.8) is 0 Å². The predicted molar refractivity (Wildman–Crippen MR) is 234 cm³/mol. The molecule has 0 unspecified atom stereocenters. The quantitative estimate of drug-likeness (QED) is 0.124. The van der Waals surface area contributed by atoms with E-state index in [2.05, 4.69) is 15.0 Å². The molecule has 280 valence electrons. The zero-order chi connectivity index (χ0) is 53.4. The van der Waals surface area contributed by atoms with Crippen molar-refractivity contribution in [1.82, 2.24) is 15.0 Å². The van der Waals surface area contributed by atoms with Gasteiger partial charge in [0.2, 0.25) is 0 Å². The third-order valence-corrected chi connectivity index (χ3v) is 9.35. The van der Waals surface area contributed by atoms with Gasteiger partial charge in [0, 0.05) is 66.6 Å². The summed E-state index contributed by atoms with van der Waals surface area (Å²) in [6, 6.07) is 36.8. The molecule has 0 aliphatic rings. The van der Waals surface area contributed by atoms with Gasteiger partial charge in [0.15, 0.2) is 0 Å². The molecule has 5 nitrogen and oxygen atoms in total. The number of benzene rings is 5. The van der Waals surface area contributed by atoms with Crippen LogP contribution < -0.4 is 0 Å². The fourth-order valence-electron chi connectivity index (χ4n) is 6.46. The van der Waals surface area contributed by atoms with E-state index < -0.39 is 67.8 Å². The number of hydrogen-bond donors (Lipinski definition) is 0. The predicted octanol–water partition coefficient (Wildman–Crippen LogP) is 12.3. The number of furan rings is 1. The molecule has 9 rings (SSSR count). The number of aryl methyl sites for hydroxylation is 7. The van der Waals surface area contributed by atoms with Crippen molar-refractivity contribution in [3.05, 3.63) is 209 Å². The Labute approximate surface area is 361 Å². The summed E-state index contributed by atoms with van der Waals surface area (Å²) in [5.74, 6) is 0. The van der Waals surface area contributed by atoms with E-state index in [-0.39, 0.29) is 50.1 Å². The molecule has 0 saturated heterocycles. The molecule has 0 saturated carbocycles. The number of hydrogen-bond acceptors (Lipinski definition) is 5. The van der Waals surface area contributed by atoms with E-state index >= 15 is 0 Å². The van der Waals surface area contributed by atoms with E-state index in [1.54, 1.807) is 72.8 Å². The maximum atomic E-state index is 9.78. The highest BCUT2D eigenvalue weighted by Gasteiger charge is 2.15. The zero-order valence-electron chi connectivity index (χ0n) is 46.7. The van der Waals surface area contributed by atoms with Crippen LogP contribution in [0.2, 0.25) is 0 Å². The molecule has 0 bridgehead atoms. The lowest BCUT2D eigenvalue weighted by atomic mass is 9.94. The van der Waals surface area contributed by atoms with Crippen LogP contribution in [0.4, 0.5) is 0 Å². The van der Waals surface area contributed by atoms with Gasteiger partial charge in [0.1, 0.15) is 11.2 Å². The van der Waals surface area contributed by atoms with Crippen molar-refractivity contribution in [1.29, 1.82) is 5.26 Å². The van der Waals surface area contributed by atoms with Crippen molar-refractivity contribution in [2.45, 2.75) is 45.1 Å². The van der Waals surface area contributed by atoms with Crippen LogP contribution in [0.3, 0.4) is 0 Å². The molecule has 0 aliphatic heterocycles. The van der Waals surface area contributed by atoms with Crippen molar-refractivity contribution in [2.24, 2.45) is 0 Å². The summed E-state index contributed by atoms with van der Waals surface area (Å²) in [4.78, 5) is 13.2. The van der Waals surface area contributed by atoms with Crippen LogP contribution in [-0.4, -0.2) is 15.0 Å². The number of pyridine rings is 3. The monoisotopic (exact) mass is 766 g/mol. The molecule has 9 aromatic rings. The van der Waals surface area contributed by atoms with Gasteiger partial charge in [-0.2, -0.15) is 5.26 Å². The summed E-state index contributed by atoms with van der Waals surface area (Å²) in [5, 5.41) is 10.5. The standard InChI is InChI=1S/C53H42N4O/c1-36-27-48-46-13-8-14-47(53(46)58-52(48)31-45(36)32-54)51-26-23-39(35-57-51)17-20-42-29-40(18-15-37-21-24-49(55-33-37)43-9-4-2-5-10-43)28-41(30-42)19-16-38-22-25-50(56-34-38)44-11-6-3-7-12-44/h2-14,21-31,33-35H,15-20H2,1H3/i1D3,15D2,16D2,17D2,18D2,19D2,20D2,31D. The SMILES string of the molecule is [2H]c1c(C#N)c(C([2H])([2H])[2H])cc2c1oc1c(-c3ccc(C([2H])([2H])C([2H])([2H])c4cc(C([2H])([2H])C([2H])([2H])c5ccc(-c6ccccc6)nc5)cc(C([2H])([2H])C([2H])([2H])c5ccc(-c6ccccc6)nc5)c4)cn3)cccc12. The lowest BCUT2D eigenvalue weighted by molar-refractivity contribution is 0.669. The molecule has 5 heteroatoms. The van der Waals surface area contributed by atoms with Crippen molar-refractivity contribution < 1.29 is 26.3 Å². The van der Waals surface area contributed by atoms with Gasteiger partial charge in [-0.3, -0.25) is 15.0 Å². The van der Waals surface area contributed by atoms with Gasteiger partial charge in [-0.15, -0.1) is 0 Å². The first-order valence-corrected chi connectivity index (χ1v) is 18.3. The van der Waals surface area contributed by atoms with Crippen LogP contribution in [0.5, 0.6) is 0 Å². The van der Waals surface area contributed by atoms with E-state index in [1.165, 1.54) is 54.9 Å². The average molecular weight is 767 g/mol. The van der Waals surface area contributed by atoms with Crippen molar-refractivity contribution >= 4 is 21.9 Å². The fraction of sp³-hybridized carbons (Fsp3) is 0.132. The first kappa shape index (κ1) is 22.5. The van der Waals surface area contributed by atoms with Crippen LogP contribution in [0, 0.1) is 18.2 Å². The van der Waals surface area contributed by atoms with Gasteiger partial charge in [0.25, 0.3) is 0 Å². The molecule has 0 amide bonds. The Morgan fingerprint density at radius 1 is 0.552 bits per heavy atom. The minimum atomic E-state index is -3.19. The molecule has 0 radical (unpaired) electrons. The normalized spacial score (nSPS) is 17.0. The third kappa shape index (κ3) is 8.05. The number of nitrogens with zero attached hydrogens (tertiary/aromatic N) is 4. The summed E-state index contributed by atoms with van der Waals surface area (Å²) in [6.45, 7) is -2.71. The van der Waals surface area contributed by atoms with Crippen LogP contribution in [0.1, 0.15) is 66.4 Å². The van der Waals surface area contributed by atoms with E-state index in [0.29, 0.717) is 22.3 Å². The molecule has 58 heavy (non-hydrogen) atoms.